The average molecular weight is 342 g/mol. The van der Waals surface area contributed by atoms with E-state index in [1.54, 1.807) is 25.3 Å². The lowest BCUT2D eigenvalue weighted by atomic mass is 10.2. The molecule has 23 heavy (non-hydrogen) atoms. The third-order valence-corrected chi connectivity index (χ3v) is 3.76. The van der Waals surface area contributed by atoms with Crippen LogP contribution in [-0.2, 0) is 11.3 Å². The van der Waals surface area contributed by atoms with E-state index in [-0.39, 0.29) is 6.54 Å². The number of aliphatic carboxylic acids is 1. The molecular formula is C15H22N2O5S. The molecule has 0 saturated heterocycles. The number of rotatable bonds is 9. The predicted octanol–water partition coefficient (Wildman–Crippen LogP) is 1.71. The standard InChI is InChI=1S/C15H22N2O5S/c1-21-12-5-4-10(8-13(12)22-2)9-16-15(20)17-11(14(18)19)6-7-23-3/h4-5,8,11H,6-7,9H2,1-3H3,(H,18,19)(H2,16,17,20)/t11-/m0/s1. The molecule has 0 aromatic heterocycles. The van der Waals surface area contributed by atoms with Gasteiger partial charge in [-0.15, -0.1) is 0 Å². The van der Waals surface area contributed by atoms with Crippen molar-refractivity contribution in [2.45, 2.75) is 19.0 Å². The Bertz CT molecular complexity index is 539. The molecule has 0 aliphatic carbocycles. The second-order valence-corrected chi connectivity index (χ2v) is 5.67. The summed E-state index contributed by atoms with van der Waals surface area (Å²) in [6.45, 7) is 0.251. The number of nitrogens with one attached hydrogen (secondary N) is 2. The van der Waals surface area contributed by atoms with Gasteiger partial charge in [0.15, 0.2) is 11.5 Å². The highest BCUT2D eigenvalue weighted by Crippen LogP contribution is 2.27. The van der Waals surface area contributed by atoms with Crippen LogP contribution in [0.15, 0.2) is 18.2 Å². The molecule has 1 rings (SSSR count). The highest BCUT2D eigenvalue weighted by Gasteiger charge is 2.19. The van der Waals surface area contributed by atoms with Crippen LogP contribution in [0.2, 0.25) is 0 Å². The molecule has 0 aliphatic heterocycles. The second-order valence-electron chi connectivity index (χ2n) is 4.69. The Morgan fingerprint density at radius 1 is 1.26 bits per heavy atom. The lowest BCUT2D eigenvalue weighted by molar-refractivity contribution is -0.139. The van der Waals surface area contributed by atoms with Crippen LogP contribution < -0.4 is 20.1 Å². The van der Waals surface area contributed by atoms with E-state index < -0.39 is 18.0 Å². The Balaban J connectivity index is 2.56. The molecule has 0 radical (unpaired) electrons. The van der Waals surface area contributed by atoms with Gasteiger partial charge in [0.05, 0.1) is 14.2 Å². The minimum absolute atomic E-state index is 0.251. The minimum atomic E-state index is -1.04. The molecule has 0 heterocycles. The first-order valence-electron chi connectivity index (χ1n) is 6.98. The van der Waals surface area contributed by atoms with Crippen LogP contribution in [0.3, 0.4) is 0 Å². The number of carbonyl (C=O) groups excluding carboxylic acids is 1. The van der Waals surface area contributed by atoms with Gasteiger partial charge in [-0.2, -0.15) is 11.8 Å². The van der Waals surface area contributed by atoms with Gasteiger partial charge < -0.3 is 25.2 Å². The van der Waals surface area contributed by atoms with E-state index in [4.69, 9.17) is 14.6 Å². The summed E-state index contributed by atoms with van der Waals surface area (Å²) in [5.74, 6) is 0.784. The van der Waals surface area contributed by atoms with E-state index in [0.29, 0.717) is 23.7 Å². The van der Waals surface area contributed by atoms with Crippen LogP contribution in [0.25, 0.3) is 0 Å². The number of hydrogen-bond donors (Lipinski definition) is 3. The van der Waals surface area contributed by atoms with Crippen molar-refractivity contribution in [3.05, 3.63) is 23.8 Å². The van der Waals surface area contributed by atoms with Crippen molar-refractivity contribution in [3.8, 4) is 11.5 Å². The maximum absolute atomic E-state index is 11.8. The fourth-order valence-electron chi connectivity index (χ4n) is 1.88. The number of thioether (sulfide) groups is 1. The van der Waals surface area contributed by atoms with Gasteiger partial charge in [0.1, 0.15) is 6.04 Å². The zero-order chi connectivity index (χ0) is 17.2. The quantitative estimate of drug-likeness (QED) is 0.632. The number of carbonyl (C=O) groups is 2. The summed E-state index contributed by atoms with van der Waals surface area (Å²) in [7, 11) is 3.08. The number of urea groups is 1. The van der Waals surface area contributed by atoms with Crippen LogP contribution in [0.1, 0.15) is 12.0 Å². The van der Waals surface area contributed by atoms with Crippen molar-refractivity contribution in [1.29, 1.82) is 0 Å². The Morgan fingerprint density at radius 2 is 1.96 bits per heavy atom. The Labute approximate surface area is 139 Å². The van der Waals surface area contributed by atoms with E-state index in [0.717, 1.165) is 5.56 Å². The number of carboxylic acid groups (broad SMARTS) is 1. The third-order valence-electron chi connectivity index (χ3n) is 3.12. The van der Waals surface area contributed by atoms with Crippen molar-refractivity contribution in [2.75, 3.05) is 26.2 Å². The van der Waals surface area contributed by atoms with Crippen molar-refractivity contribution in [3.63, 3.8) is 0 Å². The maximum atomic E-state index is 11.8. The Kier molecular flexibility index (Phi) is 8.10. The van der Waals surface area contributed by atoms with E-state index in [1.807, 2.05) is 6.26 Å². The van der Waals surface area contributed by atoms with Gasteiger partial charge >= 0.3 is 12.0 Å². The molecule has 2 amide bonds. The van der Waals surface area contributed by atoms with Crippen molar-refractivity contribution >= 4 is 23.8 Å². The van der Waals surface area contributed by atoms with Gasteiger partial charge in [-0.3, -0.25) is 0 Å². The van der Waals surface area contributed by atoms with Gasteiger partial charge in [-0.1, -0.05) is 6.07 Å². The summed E-state index contributed by atoms with van der Waals surface area (Å²) in [6, 6.07) is 3.87. The molecule has 1 aromatic carbocycles. The average Bonchev–Trinajstić information content (AvgIpc) is 2.56. The highest BCUT2D eigenvalue weighted by atomic mass is 32.2. The molecule has 0 bridgehead atoms. The molecule has 8 heteroatoms. The maximum Gasteiger partial charge on any atom is 0.326 e. The number of hydrogen-bond acceptors (Lipinski definition) is 5. The first-order valence-corrected chi connectivity index (χ1v) is 8.38. The molecule has 128 valence electrons. The summed E-state index contributed by atoms with van der Waals surface area (Å²) in [5.41, 5.74) is 0.814. The van der Waals surface area contributed by atoms with Crippen molar-refractivity contribution in [2.24, 2.45) is 0 Å². The molecule has 0 aliphatic rings. The number of ether oxygens (including phenoxy) is 2. The number of benzene rings is 1. The molecule has 1 atom stereocenters. The molecule has 1 aromatic rings. The van der Waals surface area contributed by atoms with Crippen LogP contribution >= 0.6 is 11.8 Å². The van der Waals surface area contributed by atoms with Crippen LogP contribution in [0, 0.1) is 0 Å². The monoisotopic (exact) mass is 342 g/mol. The van der Waals surface area contributed by atoms with Crippen molar-refractivity contribution < 1.29 is 24.2 Å². The van der Waals surface area contributed by atoms with Gasteiger partial charge in [-0.05, 0) is 36.1 Å². The minimum Gasteiger partial charge on any atom is -0.493 e. The highest BCUT2D eigenvalue weighted by molar-refractivity contribution is 7.98. The molecule has 0 saturated carbocycles. The molecule has 3 N–H and O–H groups in total. The summed E-state index contributed by atoms with van der Waals surface area (Å²) in [4.78, 5) is 22.9. The molecular weight excluding hydrogens is 320 g/mol. The number of amides is 2. The zero-order valence-electron chi connectivity index (χ0n) is 13.4. The summed E-state index contributed by atoms with van der Waals surface area (Å²) < 4.78 is 10.3. The summed E-state index contributed by atoms with van der Waals surface area (Å²) in [6.07, 6.45) is 2.26. The largest absolute Gasteiger partial charge is 0.493 e. The number of methoxy groups -OCH3 is 2. The van der Waals surface area contributed by atoms with E-state index in [1.165, 1.54) is 18.9 Å². The molecule has 7 nitrogen and oxygen atoms in total. The predicted molar refractivity (Wildman–Crippen MR) is 89.3 cm³/mol. The van der Waals surface area contributed by atoms with E-state index in [2.05, 4.69) is 10.6 Å². The van der Waals surface area contributed by atoms with Gasteiger partial charge in [0.25, 0.3) is 0 Å². The van der Waals surface area contributed by atoms with Crippen LogP contribution in [0.5, 0.6) is 11.5 Å². The Hall–Kier alpha value is -2.09. The first kappa shape index (κ1) is 19.0. The first-order chi connectivity index (χ1) is 11.0. The fraction of sp³-hybridized carbons (Fsp3) is 0.467. The zero-order valence-corrected chi connectivity index (χ0v) is 14.2. The van der Waals surface area contributed by atoms with Crippen LogP contribution in [-0.4, -0.2) is 49.4 Å². The smallest absolute Gasteiger partial charge is 0.326 e. The lowest BCUT2D eigenvalue weighted by Gasteiger charge is -2.15. The number of carboxylic acids is 1. The van der Waals surface area contributed by atoms with E-state index in [9.17, 15) is 9.59 Å². The van der Waals surface area contributed by atoms with E-state index >= 15 is 0 Å². The van der Waals surface area contributed by atoms with Gasteiger partial charge in [0, 0.05) is 6.54 Å². The molecule has 0 unspecified atom stereocenters. The second kappa shape index (κ2) is 9.83. The summed E-state index contributed by atoms with van der Waals surface area (Å²) in [5, 5.41) is 14.2. The van der Waals surface area contributed by atoms with Crippen molar-refractivity contribution in [1.82, 2.24) is 10.6 Å². The fourth-order valence-corrected chi connectivity index (χ4v) is 2.35. The third kappa shape index (κ3) is 6.27. The normalized spacial score (nSPS) is 11.4. The SMILES string of the molecule is COc1ccc(CNC(=O)N[C@@H](CCSC)C(=O)O)cc1OC. The molecule has 0 fully saturated rings. The van der Waals surface area contributed by atoms with Gasteiger partial charge in [-0.25, -0.2) is 9.59 Å². The van der Waals surface area contributed by atoms with Gasteiger partial charge in [0.2, 0.25) is 0 Å². The van der Waals surface area contributed by atoms with Crippen LogP contribution in [0.4, 0.5) is 4.79 Å². The molecule has 0 spiro atoms. The summed E-state index contributed by atoms with van der Waals surface area (Å²) >= 11 is 1.53. The lowest BCUT2D eigenvalue weighted by Crippen LogP contribution is -2.46. The Morgan fingerprint density at radius 3 is 2.52 bits per heavy atom. The topological polar surface area (TPSA) is 96.9 Å².